The van der Waals surface area contributed by atoms with E-state index in [0.717, 1.165) is 24.6 Å². The highest BCUT2D eigenvalue weighted by atomic mass is 15.2. The number of aromatic nitrogens is 2. The minimum absolute atomic E-state index is 0.513. The Labute approximate surface area is 106 Å². The van der Waals surface area contributed by atoms with E-state index < -0.39 is 0 Å². The Bertz CT molecular complexity index is 317. The molecule has 0 spiro atoms. The van der Waals surface area contributed by atoms with E-state index >= 15 is 0 Å². The summed E-state index contributed by atoms with van der Waals surface area (Å²) in [5.74, 6) is 1.04. The maximum Gasteiger partial charge on any atom is 0.203 e. The molecule has 1 aromatic heterocycles. The van der Waals surface area contributed by atoms with Crippen LogP contribution in [0.4, 0.5) is 5.95 Å². The van der Waals surface area contributed by atoms with Crippen LogP contribution < -0.4 is 5.32 Å². The van der Waals surface area contributed by atoms with Gasteiger partial charge in [-0.15, -0.1) is 0 Å². The molecule has 1 atom stereocenters. The lowest BCUT2D eigenvalue weighted by atomic mass is 10.1. The zero-order valence-corrected chi connectivity index (χ0v) is 11.8. The highest BCUT2D eigenvalue weighted by Crippen LogP contribution is 2.13. The lowest BCUT2D eigenvalue weighted by Crippen LogP contribution is -2.18. The molecular weight excluding hydrogens is 210 g/mol. The molecule has 0 aliphatic heterocycles. The van der Waals surface area contributed by atoms with Crippen molar-refractivity contribution in [2.45, 2.75) is 72.4 Å². The number of nitrogens with zero attached hydrogens (tertiary/aromatic N) is 2. The second kappa shape index (κ2) is 7.36. The molecule has 17 heavy (non-hydrogen) atoms. The van der Waals surface area contributed by atoms with Gasteiger partial charge in [-0.2, -0.15) is 0 Å². The van der Waals surface area contributed by atoms with Gasteiger partial charge in [0.15, 0.2) is 0 Å². The molecule has 0 aliphatic rings. The van der Waals surface area contributed by atoms with Crippen LogP contribution in [-0.4, -0.2) is 15.6 Å². The first kappa shape index (κ1) is 14.1. The predicted octanol–water partition coefficient (Wildman–Crippen LogP) is 3.98. The van der Waals surface area contributed by atoms with Gasteiger partial charge in [-0.25, -0.2) is 4.98 Å². The first-order chi connectivity index (χ1) is 8.17. The number of hydrogen-bond donors (Lipinski definition) is 1. The van der Waals surface area contributed by atoms with Crippen molar-refractivity contribution in [3.8, 4) is 0 Å². The summed E-state index contributed by atoms with van der Waals surface area (Å²) in [6, 6.07) is 0.513. The summed E-state index contributed by atoms with van der Waals surface area (Å²) in [7, 11) is 0. The van der Waals surface area contributed by atoms with Gasteiger partial charge in [-0.3, -0.25) is 0 Å². The Balaban J connectivity index is 2.48. The Hall–Kier alpha value is -0.990. The molecule has 0 radical (unpaired) electrons. The molecule has 3 nitrogen and oxygen atoms in total. The number of anilines is 1. The first-order valence-corrected chi connectivity index (χ1v) is 6.97. The van der Waals surface area contributed by atoms with E-state index in [0.29, 0.717) is 6.04 Å². The van der Waals surface area contributed by atoms with E-state index in [-0.39, 0.29) is 0 Å². The average Bonchev–Trinajstić information content (AvgIpc) is 2.60. The van der Waals surface area contributed by atoms with Crippen molar-refractivity contribution >= 4 is 5.95 Å². The van der Waals surface area contributed by atoms with Crippen LogP contribution in [0.25, 0.3) is 0 Å². The van der Waals surface area contributed by atoms with Gasteiger partial charge in [0.05, 0.1) is 5.69 Å². The van der Waals surface area contributed by atoms with Crippen LogP contribution in [0.1, 0.15) is 58.6 Å². The predicted molar refractivity (Wildman–Crippen MR) is 74.5 cm³/mol. The monoisotopic (exact) mass is 237 g/mol. The fraction of sp³-hybridized carbons (Fsp3) is 0.786. The molecule has 98 valence electrons. The van der Waals surface area contributed by atoms with Gasteiger partial charge in [-0.05, 0) is 26.7 Å². The third-order valence-corrected chi connectivity index (χ3v) is 2.98. The lowest BCUT2D eigenvalue weighted by molar-refractivity contribution is 0.602. The zero-order valence-electron chi connectivity index (χ0n) is 11.8. The van der Waals surface area contributed by atoms with E-state index in [4.69, 9.17) is 0 Å². The number of hydrogen-bond acceptors (Lipinski definition) is 2. The molecule has 1 N–H and O–H groups in total. The van der Waals surface area contributed by atoms with E-state index in [2.05, 4.69) is 48.8 Å². The van der Waals surface area contributed by atoms with Crippen LogP contribution >= 0.6 is 0 Å². The summed E-state index contributed by atoms with van der Waals surface area (Å²) >= 11 is 0. The summed E-state index contributed by atoms with van der Waals surface area (Å²) in [6.07, 6.45) is 8.42. The summed E-state index contributed by atoms with van der Waals surface area (Å²) in [4.78, 5) is 4.55. The van der Waals surface area contributed by atoms with Crippen LogP contribution in [0.2, 0.25) is 0 Å². The number of unbranched alkanes of at least 4 members (excludes halogenated alkanes) is 2. The normalized spacial score (nSPS) is 12.7. The number of nitrogens with one attached hydrogen (secondary N) is 1. The van der Waals surface area contributed by atoms with Crippen LogP contribution in [0, 0.1) is 6.92 Å². The van der Waals surface area contributed by atoms with Gasteiger partial charge in [0, 0.05) is 18.8 Å². The molecule has 0 aliphatic carbocycles. The highest BCUT2D eigenvalue weighted by molar-refractivity contribution is 5.29. The van der Waals surface area contributed by atoms with E-state index in [1.54, 1.807) is 0 Å². The van der Waals surface area contributed by atoms with Crippen molar-refractivity contribution in [1.82, 2.24) is 9.55 Å². The second-order valence-corrected chi connectivity index (χ2v) is 4.94. The molecule has 1 aromatic rings. The van der Waals surface area contributed by atoms with Gasteiger partial charge in [0.1, 0.15) is 0 Å². The molecule has 0 bridgehead atoms. The van der Waals surface area contributed by atoms with E-state index in [1.807, 2.05) is 0 Å². The summed E-state index contributed by atoms with van der Waals surface area (Å²) in [5, 5.41) is 3.53. The third-order valence-electron chi connectivity index (χ3n) is 2.98. The van der Waals surface area contributed by atoms with Gasteiger partial charge >= 0.3 is 0 Å². The summed E-state index contributed by atoms with van der Waals surface area (Å²) < 4.78 is 2.23. The van der Waals surface area contributed by atoms with Gasteiger partial charge in [0.2, 0.25) is 5.95 Å². The fourth-order valence-corrected chi connectivity index (χ4v) is 2.07. The lowest BCUT2D eigenvalue weighted by Gasteiger charge is -2.15. The van der Waals surface area contributed by atoms with Crippen LogP contribution in [0.5, 0.6) is 0 Å². The minimum atomic E-state index is 0.513. The SMILES string of the molecule is CCCCCC(C)Nc1nc(C)cn1CCC. The molecule has 0 saturated heterocycles. The molecule has 0 aromatic carbocycles. The Morgan fingerprint density at radius 2 is 2.06 bits per heavy atom. The smallest absolute Gasteiger partial charge is 0.203 e. The molecule has 0 fully saturated rings. The Kier molecular flexibility index (Phi) is 6.09. The maximum atomic E-state index is 4.55. The van der Waals surface area contributed by atoms with Crippen molar-refractivity contribution in [3.63, 3.8) is 0 Å². The van der Waals surface area contributed by atoms with Crippen LogP contribution in [-0.2, 0) is 6.54 Å². The summed E-state index contributed by atoms with van der Waals surface area (Å²) in [6.45, 7) is 9.79. The Morgan fingerprint density at radius 3 is 2.71 bits per heavy atom. The Morgan fingerprint density at radius 1 is 1.29 bits per heavy atom. The van der Waals surface area contributed by atoms with Crippen molar-refractivity contribution < 1.29 is 0 Å². The van der Waals surface area contributed by atoms with E-state index in [9.17, 15) is 0 Å². The van der Waals surface area contributed by atoms with Crippen LogP contribution in [0.3, 0.4) is 0 Å². The highest BCUT2D eigenvalue weighted by Gasteiger charge is 2.08. The van der Waals surface area contributed by atoms with Gasteiger partial charge < -0.3 is 9.88 Å². The van der Waals surface area contributed by atoms with Gasteiger partial charge in [-0.1, -0.05) is 33.1 Å². The number of imidazole rings is 1. The van der Waals surface area contributed by atoms with Crippen molar-refractivity contribution in [2.75, 3.05) is 5.32 Å². The number of rotatable bonds is 8. The van der Waals surface area contributed by atoms with Gasteiger partial charge in [0.25, 0.3) is 0 Å². The molecule has 1 unspecified atom stereocenters. The zero-order chi connectivity index (χ0) is 12.7. The molecular formula is C14H27N3. The number of aryl methyl sites for hydroxylation is 2. The molecule has 0 saturated carbocycles. The van der Waals surface area contributed by atoms with Crippen molar-refractivity contribution in [2.24, 2.45) is 0 Å². The van der Waals surface area contributed by atoms with Crippen molar-refractivity contribution in [3.05, 3.63) is 11.9 Å². The quantitative estimate of drug-likeness (QED) is 0.693. The standard InChI is InChI=1S/C14H27N3/c1-5-7-8-9-12(3)15-14-16-13(4)11-17(14)10-6-2/h11-12H,5-10H2,1-4H3,(H,15,16). The molecule has 3 heteroatoms. The fourth-order valence-electron chi connectivity index (χ4n) is 2.07. The first-order valence-electron chi connectivity index (χ1n) is 6.97. The summed E-state index contributed by atoms with van der Waals surface area (Å²) in [5.41, 5.74) is 1.10. The average molecular weight is 237 g/mol. The van der Waals surface area contributed by atoms with E-state index in [1.165, 1.54) is 25.7 Å². The van der Waals surface area contributed by atoms with Crippen LogP contribution in [0.15, 0.2) is 6.20 Å². The molecule has 1 heterocycles. The topological polar surface area (TPSA) is 29.9 Å². The molecule has 1 rings (SSSR count). The largest absolute Gasteiger partial charge is 0.353 e. The minimum Gasteiger partial charge on any atom is -0.353 e. The maximum absolute atomic E-state index is 4.55. The second-order valence-electron chi connectivity index (χ2n) is 4.94. The third kappa shape index (κ3) is 4.80. The molecule has 0 amide bonds. The van der Waals surface area contributed by atoms with Crippen molar-refractivity contribution in [1.29, 1.82) is 0 Å².